The van der Waals surface area contributed by atoms with Gasteiger partial charge in [0.2, 0.25) is 0 Å². The van der Waals surface area contributed by atoms with Crippen molar-refractivity contribution < 1.29 is 23.4 Å². The molecule has 0 spiro atoms. The number of hydrogen-bond acceptors (Lipinski definition) is 5. The van der Waals surface area contributed by atoms with Crippen LogP contribution in [-0.4, -0.2) is 48.8 Å². The largest absolute Gasteiger partial charge is 0.441 e. The minimum Gasteiger partial charge on any atom is -0.441 e. The van der Waals surface area contributed by atoms with Gasteiger partial charge in [0.05, 0.1) is 19.3 Å². The molecule has 2 aromatic carbocycles. The molecule has 0 bridgehead atoms. The lowest BCUT2D eigenvalue weighted by atomic mass is 10.1. The zero-order chi connectivity index (χ0) is 20.2. The van der Waals surface area contributed by atoms with E-state index in [0.29, 0.717) is 23.1 Å². The number of nitrogens with one attached hydrogen (secondary N) is 3. The van der Waals surface area contributed by atoms with E-state index in [9.17, 15) is 9.18 Å². The topological polar surface area (TPSA) is 80.9 Å². The van der Waals surface area contributed by atoms with Crippen molar-refractivity contribution in [3.05, 3.63) is 60.4 Å². The highest BCUT2D eigenvalue weighted by molar-refractivity contribution is 7.80. The summed E-state index contributed by atoms with van der Waals surface area (Å²) in [6.45, 7) is 0.606. The van der Waals surface area contributed by atoms with Gasteiger partial charge in [-0.25, -0.2) is 9.18 Å². The molecule has 0 saturated carbocycles. The SMILES string of the molecule is O=C(Nc1ccccc1)OC1COC2C(NC(=S)Nc3ccc(F)cc3)COC12. The number of para-hydroxylation sites is 1. The Hall–Kier alpha value is -2.75. The molecule has 152 valence electrons. The number of rotatable bonds is 4. The molecule has 29 heavy (non-hydrogen) atoms. The number of hydrogen-bond donors (Lipinski definition) is 3. The van der Waals surface area contributed by atoms with Crippen LogP contribution in [0.25, 0.3) is 0 Å². The molecule has 9 heteroatoms. The van der Waals surface area contributed by atoms with Crippen LogP contribution in [0.2, 0.25) is 0 Å². The second kappa shape index (κ2) is 8.73. The second-order valence-electron chi connectivity index (χ2n) is 6.74. The lowest BCUT2D eigenvalue weighted by molar-refractivity contribution is 0.00880. The van der Waals surface area contributed by atoms with Crippen LogP contribution in [0.5, 0.6) is 0 Å². The molecule has 3 N–H and O–H groups in total. The number of anilines is 2. The third kappa shape index (κ3) is 4.81. The first-order valence-corrected chi connectivity index (χ1v) is 9.58. The standard InChI is InChI=1S/C20H20FN3O4S/c21-12-6-8-14(9-7-12)22-19(29)24-15-10-26-18-16(11-27-17(15)18)28-20(25)23-13-4-2-1-3-5-13/h1-9,15-18H,10-11H2,(H,23,25)(H2,22,24,29). The number of carbonyl (C=O) groups is 1. The van der Waals surface area contributed by atoms with Crippen molar-refractivity contribution in [2.75, 3.05) is 23.8 Å². The monoisotopic (exact) mass is 417 g/mol. The van der Waals surface area contributed by atoms with Gasteiger partial charge in [-0.05, 0) is 48.6 Å². The maximum absolute atomic E-state index is 13.0. The summed E-state index contributed by atoms with van der Waals surface area (Å²) in [6.07, 6.45) is -1.73. The summed E-state index contributed by atoms with van der Waals surface area (Å²) < 4.78 is 30.1. The number of amides is 1. The van der Waals surface area contributed by atoms with Gasteiger partial charge in [0.15, 0.2) is 11.2 Å². The normalized spacial score (nSPS) is 25.1. The molecular formula is C20H20FN3O4S. The minimum absolute atomic E-state index is 0.189. The van der Waals surface area contributed by atoms with Crippen LogP contribution in [-0.2, 0) is 14.2 Å². The van der Waals surface area contributed by atoms with E-state index in [4.69, 9.17) is 26.4 Å². The molecule has 2 aliphatic rings. The van der Waals surface area contributed by atoms with Crippen LogP contribution in [0.1, 0.15) is 0 Å². The van der Waals surface area contributed by atoms with Gasteiger partial charge in [-0.2, -0.15) is 0 Å². The fourth-order valence-corrected chi connectivity index (χ4v) is 3.63. The van der Waals surface area contributed by atoms with E-state index >= 15 is 0 Å². The van der Waals surface area contributed by atoms with Gasteiger partial charge in [0.25, 0.3) is 0 Å². The predicted octanol–water partition coefficient (Wildman–Crippen LogP) is 2.90. The van der Waals surface area contributed by atoms with E-state index in [1.807, 2.05) is 18.2 Å². The van der Waals surface area contributed by atoms with Crippen molar-refractivity contribution in [2.45, 2.75) is 24.4 Å². The first-order valence-electron chi connectivity index (χ1n) is 9.17. The Morgan fingerprint density at radius 1 is 0.966 bits per heavy atom. The van der Waals surface area contributed by atoms with Crippen LogP contribution in [0.3, 0.4) is 0 Å². The maximum atomic E-state index is 13.0. The van der Waals surface area contributed by atoms with Crippen molar-refractivity contribution in [3.8, 4) is 0 Å². The van der Waals surface area contributed by atoms with Crippen LogP contribution in [0.15, 0.2) is 54.6 Å². The van der Waals surface area contributed by atoms with Crippen molar-refractivity contribution in [3.63, 3.8) is 0 Å². The Morgan fingerprint density at radius 2 is 1.66 bits per heavy atom. The highest BCUT2D eigenvalue weighted by atomic mass is 32.1. The molecular weight excluding hydrogens is 397 g/mol. The predicted molar refractivity (Wildman–Crippen MR) is 109 cm³/mol. The van der Waals surface area contributed by atoms with E-state index in [-0.39, 0.29) is 30.7 Å². The number of fused-ring (bicyclic) bond motifs is 1. The van der Waals surface area contributed by atoms with Crippen LogP contribution >= 0.6 is 12.2 Å². The van der Waals surface area contributed by atoms with Crippen molar-refractivity contribution in [1.29, 1.82) is 0 Å². The molecule has 0 aliphatic carbocycles. The Labute approximate surface area is 172 Å². The van der Waals surface area contributed by atoms with E-state index in [0.717, 1.165) is 0 Å². The Bertz CT molecular complexity index is 868. The van der Waals surface area contributed by atoms with Gasteiger partial charge in [-0.15, -0.1) is 0 Å². The molecule has 2 aromatic rings. The molecule has 2 fully saturated rings. The highest BCUT2D eigenvalue weighted by Gasteiger charge is 2.49. The number of carbonyl (C=O) groups excluding carboxylic acids is 1. The Morgan fingerprint density at radius 3 is 2.41 bits per heavy atom. The summed E-state index contributed by atoms with van der Waals surface area (Å²) in [4.78, 5) is 12.1. The number of thiocarbonyl (C=S) groups is 1. The molecule has 4 unspecified atom stereocenters. The summed E-state index contributed by atoms with van der Waals surface area (Å²) in [5, 5.41) is 9.19. The first-order chi connectivity index (χ1) is 14.1. The quantitative estimate of drug-likeness (QED) is 0.660. The summed E-state index contributed by atoms with van der Waals surface area (Å²) in [5.41, 5.74) is 1.32. The zero-order valence-electron chi connectivity index (χ0n) is 15.3. The molecule has 0 aromatic heterocycles. The highest BCUT2D eigenvalue weighted by Crippen LogP contribution is 2.29. The summed E-state index contributed by atoms with van der Waals surface area (Å²) in [5.74, 6) is -0.317. The van der Waals surface area contributed by atoms with Gasteiger partial charge in [-0.1, -0.05) is 18.2 Å². The van der Waals surface area contributed by atoms with Gasteiger partial charge in [0, 0.05) is 11.4 Å². The Kier molecular flexibility index (Phi) is 5.89. The molecule has 2 saturated heterocycles. The van der Waals surface area contributed by atoms with Crippen LogP contribution in [0.4, 0.5) is 20.6 Å². The number of halogens is 1. The average Bonchev–Trinajstić information content (AvgIpc) is 3.28. The molecule has 1 amide bonds. The van der Waals surface area contributed by atoms with E-state index in [2.05, 4.69) is 16.0 Å². The van der Waals surface area contributed by atoms with E-state index < -0.39 is 12.2 Å². The lowest BCUT2D eigenvalue weighted by Crippen LogP contribution is -2.46. The smallest absolute Gasteiger partial charge is 0.412 e. The minimum atomic E-state index is -0.557. The van der Waals surface area contributed by atoms with E-state index in [1.54, 1.807) is 24.3 Å². The fourth-order valence-electron chi connectivity index (χ4n) is 3.36. The number of benzene rings is 2. The van der Waals surface area contributed by atoms with Crippen LogP contribution in [0, 0.1) is 5.82 Å². The van der Waals surface area contributed by atoms with Gasteiger partial charge in [0.1, 0.15) is 18.0 Å². The summed E-state index contributed by atoms with van der Waals surface area (Å²) >= 11 is 5.32. The lowest BCUT2D eigenvalue weighted by Gasteiger charge is -2.20. The molecule has 2 aliphatic heterocycles. The molecule has 2 heterocycles. The van der Waals surface area contributed by atoms with Crippen molar-refractivity contribution in [1.82, 2.24) is 5.32 Å². The Balaban J connectivity index is 1.27. The third-order valence-electron chi connectivity index (χ3n) is 4.71. The van der Waals surface area contributed by atoms with Gasteiger partial charge in [-0.3, -0.25) is 5.32 Å². The molecule has 4 rings (SSSR count). The number of ether oxygens (including phenoxy) is 3. The van der Waals surface area contributed by atoms with Crippen molar-refractivity contribution in [2.24, 2.45) is 0 Å². The molecule has 7 nitrogen and oxygen atoms in total. The molecule has 0 radical (unpaired) electrons. The third-order valence-corrected chi connectivity index (χ3v) is 4.93. The maximum Gasteiger partial charge on any atom is 0.412 e. The fraction of sp³-hybridized carbons (Fsp3) is 0.300. The average molecular weight is 417 g/mol. The molecule has 4 atom stereocenters. The first kappa shape index (κ1) is 19.6. The van der Waals surface area contributed by atoms with Crippen LogP contribution < -0.4 is 16.0 Å². The summed E-state index contributed by atoms with van der Waals surface area (Å²) in [7, 11) is 0. The van der Waals surface area contributed by atoms with E-state index in [1.165, 1.54) is 12.1 Å². The van der Waals surface area contributed by atoms with Crippen molar-refractivity contribution >= 4 is 34.8 Å². The second-order valence-corrected chi connectivity index (χ2v) is 7.15. The summed E-state index contributed by atoms with van der Waals surface area (Å²) in [6, 6.07) is 14.8. The van der Waals surface area contributed by atoms with Gasteiger partial charge < -0.3 is 24.8 Å². The zero-order valence-corrected chi connectivity index (χ0v) is 16.2. The van der Waals surface area contributed by atoms with Gasteiger partial charge >= 0.3 is 6.09 Å².